The molecule has 0 amide bonds. The van der Waals surface area contributed by atoms with Gasteiger partial charge in [0.1, 0.15) is 5.78 Å². The molecule has 4 atom stereocenters. The molecule has 13 heavy (non-hydrogen) atoms. The quantitative estimate of drug-likeness (QED) is 0.560. The van der Waals surface area contributed by atoms with Crippen molar-refractivity contribution in [1.82, 2.24) is 0 Å². The van der Waals surface area contributed by atoms with Crippen molar-refractivity contribution >= 4 is 5.78 Å². The predicted molar refractivity (Wildman–Crippen MR) is 53.4 cm³/mol. The molecule has 2 rings (SSSR count). The Hall–Kier alpha value is -0.330. The number of ketones is 1. The summed E-state index contributed by atoms with van der Waals surface area (Å²) in [6.07, 6.45) is 6.10. The minimum Gasteiger partial charge on any atom is -0.299 e. The van der Waals surface area contributed by atoms with Gasteiger partial charge in [-0.2, -0.15) is 0 Å². The van der Waals surface area contributed by atoms with Crippen LogP contribution in [0.15, 0.2) is 0 Å². The summed E-state index contributed by atoms with van der Waals surface area (Å²) >= 11 is 0. The van der Waals surface area contributed by atoms with Gasteiger partial charge in [-0.3, -0.25) is 4.79 Å². The van der Waals surface area contributed by atoms with Crippen LogP contribution in [0, 0.1) is 23.7 Å². The molecule has 74 valence electrons. The summed E-state index contributed by atoms with van der Waals surface area (Å²) in [5.74, 6) is 3.05. The summed E-state index contributed by atoms with van der Waals surface area (Å²) in [6, 6.07) is 0. The number of carbonyl (C=O) groups is 1. The number of hydrogen-bond donors (Lipinski definition) is 0. The second kappa shape index (κ2) is 3.43. The van der Waals surface area contributed by atoms with Crippen LogP contribution in [-0.4, -0.2) is 5.78 Å². The van der Waals surface area contributed by atoms with E-state index in [1.54, 1.807) is 0 Å². The normalized spacial score (nSPS) is 45.8. The van der Waals surface area contributed by atoms with Crippen LogP contribution in [0.3, 0.4) is 0 Å². The summed E-state index contributed by atoms with van der Waals surface area (Å²) in [4.78, 5) is 11.8. The molecule has 0 spiro atoms. The molecule has 2 fully saturated rings. The van der Waals surface area contributed by atoms with Crippen LogP contribution in [0.2, 0.25) is 0 Å². The third kappa shape index (κ3) is 1.66. The number of rotatable bonds is 0. The second-order valence-corrected chi connectivity index (χ2v) is 5.21. The SMILES string of the molecule is C[C@H]1CC(=O)[C@@H]2[C@H](CCC[C@H]2C)C1. The predicted octanol–water partition coefficient (Wildman–Crippen LogP) is 3.04. The fraction of sp³-hybridized carbons (Fsp3) is 0.917. The van der Waals surface area contributed by atoms with Gasteiger partial charge in [-0.15, -0.1) is 0 Å². The summed E-state index contributed by atoms with van der Waals surface area (Å²) in [5, 5.41) is 0. The highest BCUT2D eigenvalue weighted by molar-refractivity contribution is 5.82. The summed E-state index contributed by atoms with van der Waals surface area (Å²) < 4.78 is 0. The monoisotopic (exact) mass is 180 g/mol. The lowest BCUT2D eigenvalue weighted by Crippen LogP contribution is -2.38. The van der Waals surface area contributed by atoms with E-state index in [1.165, 1.54) is 25.7 Å². The standard InChI is InChI=1S/C12H20O/c1-8-6-10-5-3-4-9(2)12(10)11(13)7-8/h8-10,12H,3-7H2,1-2H3/t8-,9-,10-,12+/m1/s1. The fourth-order valence-corrected chi connectivity index (χ4v) is 3.45. The Morgan fingerprint density at radius 1 is 1.23 bits per heavy atom. The topological polar surface area (TPSA) is 17.1 Å². The average molecular weight is 180 g/mol. The van der Waals surface area contributed by atoms with Crippen LogP contribution >= 0.6 is 0 Å². The van der Waals surface area contributed by atoms with Crippen molar-refractivity contribution in [2.75, 3.05) is 0 Å². The molecule has 1 nitrogen and oxygen atoms in total. The highest BCUT2D eigenvalue weighted by atomic mass is 16.1. The molecular formula is C12H20O. The van der Waals surface area contributed by atoms with Crippen LogP contribution in [0.25, 0.3) is 0 Å². The van der Waals surface area contributed by atoms with Gasteiger partial charge in [0.15, 0.2) is 0 Å². The second-order valence-electron chi connectivity index (χ2n) is 5.21. The van der Waals surface area contributed by atoms with Crippen molar-refractivity contribution in [2.45, 2.75) is 46.0 Å². The first kappa shape index (κ1) is 9.23. The summed E-state index contributed by atoms with van der Waals surface area (Å²) in [6.45, 7) is 4.50. The van der Waals surface area contributed by atoms with E-state index in [0.717, 1.165) is 12.3 Å². The van der Waals surface area contributed by atoms with Gasteiger partial charge in [-0.25, -0.2) is 0 Å². The van der Waals surface area contributed by atoms with Gasteiger partial charge in [0.05, 0.1) is 0 Å². The maximum atomic E-state index is 11.8. The molecule has 0 unspecified atom stereocenters. The summed E-state index contributed by atoms with van der Waals surface area (Å²) in [5.41, 5.74) is 0. The van der Waals surface area contributed by atoms with E-state index in [0.29, 0.717) is 23.5 Å². The van der Waals surface area contributed by atoms with Gasteiger partial charge in [-0.1, -0.05) is 26.7 Å². The molecule has 0 bridgehead atoms. The number of Topliss-reactive ketones (excluding diaryl/α,β-unsaturated/α-hetero) is 1. The Labute approximate surface area is 80.9 Å². The first-order valence-corrected chi connectivity index (χ1v) is 5.71. The Kier molecular flexibility index (Phi) is 2.44. The van der Waals surface area contributed by atoms with Gasteiger partial charge >= 0.3 is 0 Å². The highest BCUT2D eigenvalue weighted by Gasteiger charge is 2.39. The maximum absolute atomic E-state index is 11.8. The molecule has 0 radical (unpaired) electrons. The van der Waals surface area contributed by atoms with Crippen LogP contribution in [0.5, 0.6) is 0 Å². The Balaban J connectivity index is 2.13. The van der Waals surface area contributed by atoms with Gasteiger partial charge in [0.2, 0.25) is 0 Å². The molecule has 0 aromatic rings. The van der Waals surface area contributed by atoms with Crippen molar-refractivity contribution in [3.05, 3.63) is 0 Å². The van der Waals surface area contributed by atoms with E-state index >= 15 is 0 Å². The van der Waals surface area contributed by atoms with Gasteiger partial charge in [0.25, 0.3) is 0 Å². The largest absolute Gasteiger partial charge is 0.299 e. The van der Waals surface area contributed by atoms with Gasteiger partial charge in [0, 0.05) is 12.3 Å². The van der Waals surface area contributed by atoms with E-state index in [2.05, 4.69) is 13.8 Å². The summed E-state index contributed by atoms with van der Waals surface area (Å²) in [7, 11) is 0. The van der Waals surface area contributed by atoms with Crippen molar-refractivity contribution in [2.24, 2.45) is 23.7 Å². The van der Waals surface area contributed by atoms with Crippen molar-refractivity contribution in [3.63, 3.8) is 0 Å². The van der Waals surface area contributed by atoms with E-state index in [-0.39, 0.29) is 0 Å². The minimum atomic E-state index is 0.435. The molecule has 1 heteroatoms. The lowest BCUT2D eigenvalue weighted by Gasteiger charge is -2.40. The smallest absolute Gasteiger partial charge is 0.136 e. The van der Waals surface area contributed by atoms with E-state index in [1.807, 2.05) is 0 Å². The third-order valence-electron chi connectivity index (χ3n) is 3.98. The molecule has 2 aliphatic rings. The van der Waals surface area contributed by atoms with Gasteiger partial charge in [-0.05, 0) is 30.6 Å². The van der Waals surface area contributed by atoms with Crippen LogP contribution in [-0.2, 0) is 4.79 Å². The third-order valence-corrected chi connectivity index (χ3v) is 3.98. The first-order chi connectivity index (χ1) is 6.18. The maximum Gasteiger partial charge on any atom is 0.136 e. The fourth-order valence-electron chi connectivity index (χ4n) is 3.45. The minimum absolute atomic E-state index is 0.435. The number of hydrogen-bond acceptors (Lipinski definition) is 1. The zero-order chi connectivity index (χ0) is 9.42. The highest BCUT2D eigenvalue weighted by Crippen LogP contribution is 2.43. The molecule has 0 aromatic heterocycles. The molecule has 2 saturated carbocycles. The van der Waals surface area contributed by atoms with E-state index in [4.69, 9.17) is 0 Å². The molecule has 2 aliphatic carbocycles. The average Bonchev–Trinajstić information content (AvgIpc) is 2.02. The molecule has 0 saturated heterocycles. The van der Waals surface area contributed by atoms with Crippen molar-refractivity contribution < 1.29 is 4.79 Å². The zero-order valence-electron chi connectivity index (χ0n) is 8.75. The van der Waals surface area contributed by atoms with Crippen molar-refractivity contribution in [1.29, 1.82) is 0 Å². The van der Waals surface area contributed by atoms with Crippen LogP contribution in [0.1, 0.15) is 46.0 Å². The Bertz CT molecular complexity index is 209. The van der Waals surface area contributed by atoms with Crippen molar-refractivity contribution in [3.8, 4) is 0 Å². The van der Waals surface area contributed by atoms with Crippen LogP contribution in [0.4, 0.5) is 0 Å². The lowest BCUT2D eigenvalue weighted by molar-refractivity contribution is -0.132. The van der Waals surface area contributed by atoms with E-state index in [9.17, 15) is 4.79 Å². The number of fused-ring (bicyclic) bond motifs is 1. The zero-order valence-corrected chi connectivity index (χ0v) is 8.75. The lowest BCUT2D eigenvalue weighted by atomic mass is 9.63. The molecule has 0 aliphatic heterocycles. The Morgan fingerprint density at radius 3 is 2.77 bits per heavy atom. The van der Waals surface area contributed by atoms with E-state index < -0.39 is 0 Å². The molecule has 0 heterocycles. The van der Waals surface area contributed by atoms with Crippen LogP contribution < -0.4 is 0 Å². The molecule has 0 aromatic carbocycles. The molecule has 0 N–H and O–H groups in total. The number of carbonyl (C=O) groups excluding carboxylic acids is 1. The van der Waals surface area contributed by atoms with Gasteiger partial charge < -0.3 is 0 Å². The first-order valence-electron chi connectivity index (χ1n) is 5.71. The Morgan fingerprint density at radius 2 is 2.00 bits per heavy atom. The molecular weight excluding hydrogens is 160 g/mol.